The van der Waals surface area contributed by atoms with E-state index in [1.807, 2.05) is 36.4 Å². The number of carbonyl (C=O) groups excluding carboxylic acids is 1. The smallest absolute Gasteiger partial charge is 0.130 e. The average molecular weight is 250 g/mol. The van der Waals surface area contributed by atoms with Gasteiger partial charge in [0.15, 0.2) is 0 Å². The number of ketones is 1. The lowest BCUT2D eigenvalue weighted by Gasteiger charge is -2.11. The van der Waals surface area contributed by atoms with E-state index in [-0.39, 0.29) is 11.7 Å². The number of allylic oxidation sites excluding steroid dienone is 1. The number of rotatable bonds is 5. The van der Waals surface area contributed by atoms with Crippen molar-refractivity contribution in [2.45, 2.75) is 19.3 Å². The van der Waals surface area contributed by atoms with E-state index in [1.54, 1.807) is 6.92 Å². The molecule has 2 aromatic carbocycles. The predicted molar refractivity (Wildman–Crippen MR) is 80.0 cm³/mol. The van der Waals surface area contributed by atoms with E-state index in [0.717, 1.165) is 5.56 Å². The second kappa shape index (κ2) is 6.69. The van der Waals surface area contributed by atoms with Crippen LogP contribution in [0.15, 0.2) is 66.7 Å². The summed E-state index contributed by atoms with van der Waals surface area (Å²) in [6.07, 6.45) is 4.75. The van der Waals surface area contributed by atoms with Crippen LogP contribution in [0.1, 0.15) is 30.4 Å². The molecule has 0 amide bonds. The second-order valence-electron chi connectivity index (χ2n) is 4.69. The van der Waals surface area contributed by atoms with E-state index in [1.165, 1.54) is 5.56 Å². The molecule has 96 valence electrons. The lowest BCUT2D eigenvalue weighted by molar-refractivity contribution is -0.117. The van der Waals surface area contributed by atoms with Crippen LogP contribution in [0.4, 0.5) is 0 Å². The summed E-state index contributed by atoms with van der Waals surface area (Å²) < 4.78 is 0. The Morgan fingerprint density at radius 2 is 1.58 bits per heavy atom. The summed E-state index contributed by atoms with van der Waals surface area (Å²) in [6, 6.07) is 20.3. The fraction of sp³-hybridized carbons (Fsp3) is 0.167. The molecule has 0 spiro atoms. The molecule has 0 fully saturated rings. The first-order chi connectivity index (χ1) is 9.25. The van der Waals surface area contributed by atoms with E-state index < -0.39 is 0 Å². The molecule has 2 aromatic rings. The van der Waals surface area contributed by atoms with Gasteiger partial charge in [-0.1, -0.05) is 72.8 Å². The van der Waals surface area contributed by atoms with Gasteiger partial charge in [-0.05, 0) is 18.1 Å². The summed E-state index contributed by atoms with van der Waals surface area (Å²) in [4.78, 5) is 11.4. The number of Topliss-reactive ketones (excluding diaryl/α,β-unsaturated/α-hetero) is 1. The van der Waals surface area contributed by atoms with Crippen molar-refractivity contribution in [2.24, 2.45) is 0 Å². The maximum absolute atomic E-state index is 11.4. The Bertz CT molecular complexity index is 540. The molecule has 0 bridgehead atoms. The van der Waals surface area contributed by atoms with Crippen LogP contribution in [-0.4, -0.2) is 5.78 Å². The van der Waals surface area contributed by atoms with Crippen molar-refractivity contribution < 1.29 is 4.79 Å². The van der Waals surface area contributed by atoms with E-state index in [0.29, 0.717) is 6.42 Å². The van der Waals surface area contributed by atoms with Gasteiger partial charge in [-0.25, -0.2) is 0 Å². The molecule has 0 aromatic heterocycles. The third kappa shape index (κ3) is 4.22. The minimum Gasteiger partial charge on any atom is -0.300 e. The number of hydrogen-bond donors (Lipinski definition) is 0. The molecule has 0 aliphatic rings. The highest BCUT2D eigenvalue weighted by Crippen LogP contribution is 2.22. The van der Waals surface area contributed by atoms with Crippen molar-refractivity contribution in [2.75, 3.05) is 0 Å². The van der Waals surface area contributed by atoms with Gasteiger partial charge in [0.05, 0.1) is 0 Å². The first kappa shape index (κ1) is 13.3. The van der Waals surface area contributed by atoms with E-state index >= 15 is 0 Å². The highest BCUT2D eigenvalue weighted by molar-refractivity contribution is 5.77. The van der Waals surface area contributed by atoms with Crippen LogP contribution in [0.2, 0.25) is 0 Å². The van der Waals surface area contributed by atoms with Crippen LogP contribution in [0.3, 0.4) is 0 Å². The summed E-state index contributed by atoms with van der Waals surface area (Å²) in [5, 5.41) is 0. The van der Waals surface area contributed by atoms with Crippen molar-refractivity contribution in [3.63, 3.8) is 0 Å². The fourth-order valence-electron chi connectivity index (χ4n) is 2.10. The van der Waals surface area contributed by atoms with Gasteiger partial charge in [-0.3, -0.25) is 4.79 Å². The Labute approximate surface area is 114 Å². The Morgan fingerprint density at radius 3 is 2.16 bits per heavy atom. The standard InChI is InChI=1S/C18H18O/c1-15(19)14-18(17-10-6-3-7-11-17)13-12-16-8-4-2-5-9-16/h2-13,18H,14H2,1H3. The van der Waals surface area contributed by atoms with Gasteiger partial charge < -0.3 is 0 Å². The highest BCUT2D eigenvalue weighted by Gasteiger charge is 2.09. The number of benzene rings is 2. The lowest BCUT2D eigenvalue weighted by atomic mass is 9.93. The van der Waals surface area contributed by atoms with E-state index in [2.05, 4.69) is 36.4 Å². The molecule has 0 heterocycles. The monoisotopic (exact) mass is 250 g/mol. The molecular formula is C18H18O. The molecule has 1 nitrogen and oxygen atoms in total. The third-order valence-corrected chi connectivity index (χ3v) is 3.06. The molecule has 1 heteroatoms. The Hall–Kier alpha value is -2.15. The van der Waals surface area contributed by atoms with Crippen LogP contribution >= 0.6 is 0 Å². The summed E-state index contributed by atoms with van der Waals surface area (Å²) in [7, 11) is 0. The van der Waals surface area contributed by atoms with Gasteiger partial charge in [0, 0.05) is 12.3 Å². The zero-order valence-corrected chi connectivity index (χ0v) is 11.1. The second-order valence-corrected chi connectivity index (χ2v) is 4.69. The minimum absolute atomic E-state index is 0.152. The first-order valence-corrected chi connectivity index (χ1v) is 6.53. The van der Waals surface area contributed by atoms with Crippen molar-refractivity contribution >= 4 is 11.9 Å². The zero-order valence-electron chi connectivity index (χ0n) is 11.1. The maximum Gasteiger partial charge on any atom is 0.130 e. The summed E-state index contributed by atoms with van der Waals surface area (Å²) >= 11 is 0. The summed E-state index contributed by atoms with van der Waals surface area (Å²) in [5.41, 5.74) is 2.34. The Balaban J connectivity index is 2.19. The van der Waals surface area contributed by atoms with Crippen LogP contribution in [0.25, 0.3) is 6.08 Å². The quantitative estimate of drug-likeness (QED) is 0.765. The van der Waals surface area contributed by atoms with Crippen LogP contribution in [-0.2, 0) is 4.79 Å². The highest BCUT2D eigenvalue weighted by atomic mass is 16.1. The van der Waals surface area contributed by atoms with Crippen LogP contribution in [0, 0.1) is 0 Å². The van der Waals surface area contributed by atoms with E-state index in [4.69, 9.17) is 0 Å². The van der Waals surface area contributed by atoms with Gasteiger partial charge in [-0.2, -0.15) is 0 Å². The molecular weight excluding hydrogens is 232 g/mol. The molecule has 0 saturated heterocycles. The molecule has 1 unspecified atom stereocenters. The number of carbonyl (C=O) groups is 1. The van der Waals surface area contributed by atoms with E-state index in [9.17, 15) is 4.79 Å². The molecule has 1 atom stereocenters. The normalized spacial score (nSPS) is 12.5. The largest absolute Gasteiger partial charge is 0.300 e. The average Bonchev–Trinajstić information content (AvgIpc) is 2.45. The topological polar surface area (TPSA) is 17.1 Å². The molecule has 0 N–H and O–H groups in total. The molecule has 0 saturated carbocycles. The molecule has 19 heavy (non-hydrogen) atoms. The molecule has 0 aliphatic carbocycles. The van der Waals surface area contributed by atoms with Crippen LogP contribution in [0.5, 0.6) is 0 Å². The number of hydrogen-bond acceptors (Lipinski definition) is 1. The van der Waals surface area contributed by atoms with Gasteiger partial charge in [0.1, 0.15) is 5.78 Å². The summed E-state index contributed by atoms with van der Waals surface area (Å²) in [6.45, 7) is 1.65. The lowest BCUT2D eigenvalue weighted by Crippen LogP contribution is -2.01. The SMILES string of the molecule is CC(=O)CC(C=Cc1ccccc1)c1ccccc1. The zero-order chi connectivity index (χ0) is 13.5. The van der Waals surface area contributed by atoms with Crippen molar-refractivity contribution in [1.29, 1.82) is 0 Å². The van der Waals surface area contributed by atoms with Crippen molar-refractivity contribution in [1.82, 2.24) is 0 Å². The van der Waals surface area contributed by atoms with Crippen molar-refractivity contribution in [3.05, 3.63) is 77.9 Å². The molecule has 0 radical (unpaired) electrons. The van der Waals surface area contributed by atoms with Crippen LogP contribution < -0.4 is 0 Å². The molecule has 2 rings (SSSR count). The van der Waals surface area contributed by atoms with Gasteiger partial charge in [0.2, 0.25) is 0 Å². The van der Waals surface area contributed by atoms with Gasteiger partial charge in [-0.15, -0.1) is 0 Å². The maximum atomic E-state index is 11.4. The van der Waals surface area contributed by atoms with Gasteiger partial charge in [0.25, 0.3) is 0 Å². The first-order valence-electron chi connectivity index (χ1n) is 6.53. The molecule has 0 aliphatic heterocycles. The third-order valence-electron chi connectivity index (χ3n) is 3.06. The Morgan fingerprint density at radius 1 is 1.00 bits per heavy atom. The van der Waals surface area contributed by atoms with Gasteiger partial charge >= 0.3 is 0 Å². The predicted octanol–water partition coefficient (Wildman–Crippen LogP) is 4.46. The summed E-state index contributed by atoms with van der Waals surface area (Å²) in [5.74, 6) is 0.366. The fourth-order valence-corrected chi connectivity index (χ4v) is 2.10. The minimum atomic E-state index is 0.152. The Kier molecular flexibility index (Phi) is 4.68. The van der Waals surface area contributed by atoms with Crippen molar-refractivity contribution in [3.8, 4) is 0 Å².